The van der Waals surface area contributed by atoms with E-state index < -0.39 is 8.07 Å². The third-order valence-electron chi connectivity index (χ3n) is 3.49. The smallest absolute Gasteiger partial charge is 0.115 e. The minimum absolute atomic E-state index is 0.231. The Balaban J connectivity index is 3.39. The van der Waals surface area contributed by atoms with E-state index in [9.17, 15) is 5.11 Å². The van der Waals surface area contributed by atoms with Gasteiger partial charge < -0.3 is 5.11 Å². The fraction of sp³-hybridized carbons (Fsp3) is 0.500. The number of halogens is 1. The van der Waals surface area contributed by atoms with Gasteiger partial charge in [0, 0.05) is 4.47 Å². The van der Waals surface area contributed by atoms with Crippen LogP contribution in [0.4, 0.5) is 0 Å². The Morgan fingerprint density at radius 3 is 2.13 bits per heavy atom. The molecule has 1 nitrogen and oxygen atoms in total. The monoisotopic (exact) mass is 286 g/mol. The van der Waals surface area contributed by atoms with Crippen LogP contribution in [0, 0.1) is 0 Å². The van der Waals surface area contributed by atoms with Crippen LogP contribution in [0.1, 0.15) is 20.8 Å². The van der Waals surface area contributed by atoms with E-state index in [1.165, 1.54) is 0 Å². The van der Waals surface area contributed by atoms with Crippen LogP contribution in [-0.4, -0.2) is 13.2 Å². The molecule has 0 aromatic heterocycles. The molecule has 1 aromatic carbocycles. The minimum atomic E-state index is -1.67. The summed E-state index contributed by atoms with van der Waals surface area (Å²) in [6.07, 6.45) is 0. The van der Waals surface area contributed by atoms with Gasteiger partial charge in [-0.05, 0) is 22.4 Å². The van der Waals surface area contributed by atoms with Gasteiger partial charge >= 0.3 is 0 Å². The summed E-state index contributed by atoms with van der Waals surface area (Å²) in [4.78, 5) is 0. The lowest BCUT2D eigenvalue weighted by molar-refractivity contribution is 0.478. The van der Waals surface area contributed by atoms with E-state index in [0.717, 1.165) is 9.66 Å². The van der Waals surface area contributed by atoms with Crippen molar-refractivity contribution in [1.82, 2.24) is 0 Å². The molecule has 0 fully saturated rings. The zero-order valence-corrected chi connectivity index (χ0v) is 12.6. The van der Waals surface area contributed by atoms with Gasteiger partial charge in [-0.2, -0.15) is 0 Å². The lowest BCUT2D eigenvalue weighted by atomic mass is 10.2. The van der Waals surface area contributed by atoms with Gasteiger partial charge in [0.15, 0.2) is 0 Å². The number of phenols is 1. The molecule has 1 aromatic rings. The zero-order valence-electron chi connectivity index (χ0n) is 10.1. The Morgan fingerprint density at radius 2 is 1.73 bits per heavy atom. The predicted molar refractivity (Wildman–Crippen MR) is 72.6 cm³/mol. The molecule has 0 radical (unpaired) electrons. The molecule has 0 unspecified atom stereocenters. The topological polar surface area (TPSA) is 20.2 Å². The second-order valence-corrected chi connectivity index (χ2v) is 11.6. The van der Waals surface area contributed by atoms with Crippen LogP contribution in [-0.2, 0) is 0 Å². The molecule has 1 rings (SSSR count). The highest BCUT2D eigenvalue weighted by Gasteiger charge is 2.39. The van der Waals surface area contributed by atoms with Crippen molar-refractivity contribution in [2.45, 2.75) is 38.9 Å². The minimum Gasteiger partial charge on any atom is -0.508 e. The van der Waals surface area contributed by atoms with E-state index in [4.69, 9.17) is 0 Å². The van der Waals surface area contributed by atoms with Gasteiger partial charge in [0.1, 0.15) is 5.75 Å². The van der Waals surface area contributed by atoms with Crippen LogP contribution < -0.4 is 5.19 Å². The molecule has 15 heavy (non-hydrogen) atoms. The van der Waals surface area contributed by atoms with Gasteiger partial charge in [-0.3, -0.25) is 0 Å². The lowest BCUT2D eigenvalue weighted by Gasteiger charge is -2.38. The number of phenolic OH excluding ortho intramolecular Hbond substituents is 1. The first-order valence-corrected chi connectivity index (χ1v) is 8.95. The van der Waals surface area contributed by atoms with Gasteiger partial charge in [-0.15, -0.1) is 0 Å². The normalized spacial score (nSPS) is 12.9. The van der Waals surface area contributed by atoms with E-state index in [1.54, 1.807) is 6.07 Å². The Bertz CT molecular complexity index is 346. The van der Waals surface area contributed by atoms with Crippen molar-refractivity contribution in [3.63, 3.8) is 0 Å². The molecule has 0 spiro atoms. The summed E-state index contributed by atoms with van der Waals surface area (Å²) in [7, 11) is -1.67. The average Bonchev–Trinajstić information content (AvgIpc) is 2.00. The van der Waals surface area contributed by atoms with Crippen molar-refractivity contribution >= 4 is 29.2 Å². The highest BCUT2D eigenvalue weighted by Crippen LogP contribution is 2.38. The van der Waals surface area contributed by atoms with Crippen LogP contribution in [0.5, 0.6) is 5.75 Å². The molecule has 0 aliphatic heterocycles. The molecular weight excluding hydrogens is 268 g/mol. The predicted octanol–water partition coefficient (Wildman–Crippen LogP) is 3.87. The Kier molecular flexibility index (Phi) is 3.36. The SMILES string of the molecule is CC(C)(C)[Si](C)(C)c1c(O)cccc1Br. The van der Waals surface area contributed by atoms with Crippen LogP contribution >= 0.6 is 15.9 Å². The third-order valence-corrected chi connectivity index (χ3v) is 10.0. The molecule has 0 saturated heterocycles. The fourth-order valence-corrected chi connectivity index (χ4v) is 5.50. The Hall–Kier alpha value is -0.283. The Labute approximate surface area is 102 Å². The standard InChI is InChI=1S/C12H19BrOSi/c1-12(2,3)15(4,5)11-9(13)7-6-8-10(11)14/h6-8,14H,1-5H3. The van der Waals surface area contributed by atoms with Crippen molar-refractivity contribution in [2.75, 3.05) is 0 Å². The average molecular weight is 287 g/mol. The molecular formula is C12H19BrOSi. The largest absolute Gasteiger partial charge is 0.508 e. The summed E-state index contributed by atoms with van der Waals surface area (Å²) in [5.41, 5.74) is 0. The van der Waals surface area contributed by atoms with Gasteiger partial charge in [0.25, 0.3) is 0 Å². The Morgan fingerprint density at radius 1 is 1.20 bits per heavy atom. The van der Waals surface area contributed by atoms with Crippen LogP contribution in [0.25, 0.3) is 0 Å². The molecule has 0 bridgehead atoms. The summed E-state index contributed by atoms with van der Waals surface area (Å²) in [6, 6.07) is 5.66. The summed E-state index contributed by atoms with van der Waals surface area (Å²) >= 11 is 3.55. The first-order valence-electron chi connectivity index (χ1n) is 5.16. The third kappa shape index (κ3) is 2.28. The molecule has 1 N–H and O–H groups in total. The van der Waals surface area contributed by atoms with Gasteiger partial charge in [-0.1, -0.05) is 55.9 Å². The van der Waals surface area contributed by atoms with Crippen molar-refractivity contribution in [1.29, 1.82) is 0 Å². The van der Waals surface area contributed by atoms with E-state index in [2.05, 4.69) is 49.8 Å². The zero-order chi connectivity index (χ0) is 11.9. The number of rotatable bonds is 1. The van der Waals surface area contributed by atoms with Gasteiger partial charge in [0.05, 0.1) is 8.07 Å². The summed E-state index contributed by atoms with van der Waals surface area (Å²) in [5, 5.41) is 11.3. The molecule has 0 aliphatic rings. The number of hydrogen-bond acceptors (Lipinski definition) is 1. The highest BCUT2D eigenvalue weighted by atomic mass is 79.9. The maximum absolute atomic E-state index is 10.00. The van der Waals surface area contributed by atoms with Crippen molar-refractivity contribution in [3.8, 4) is 5.75 Å². The first-order chi connectivity index (χ1) is 6.68. The van der Waals surface area contributed by atoms with E-state index in [-0.39, 0.29) is 5.04 Å². The molecule has 0 saturated carbocycles. The second kappa shape index (κ2) is 3.94. The fourth-order valence-electron chi connectivity index (χ4n) is 1.51. The van der Waals surface area contributed by atoms with Crippen LogP contribution in [0.3, 0.4) is 0 Å². The second-order valence-electron chi connectivity index (χ2n) is 5.51. The van der Waals surface area contributed by atoms with Crippen molar-refractivity contribution < 1.29 is 5.11 Å². The summed E-state index contributed by atoms with van der Waals surface area (Å²) < 4.78 is 1.04. The number of aromatic hydroxyl groups is 1. The quantitative estimate of drug-likeness (QED) is 0.777. The molecule has 0 atom stereocenters. The van der Waals surface area contributed by atoms with Crippen molar-refractivity contribution in [3.05, 3.63) is 22.7 Å². The maximum Gasteiger partial charge on any atom is 0.115 e. The highest BCUT2D eigenvalue weighted by molar-refractivity contribution is 9.10. The molecule has 0 heterocycles. The number of benzene rings is 1. The lowest BCUT2D eigenvalue weighted by Crippen LogP contribution is -2.50. The van der Waals surface area contributed by atoms with Crippen LogP contribution in [0.2, 0.25) is 18.1 Å². The maximum atomic E-state index is 10.00. The van der Waals surface area contributed by atoms with Gasteiger partial charge in [-0.25, -0.2) is 0 Å². The van der Waals surface area contributed by atoms with Crippen molar-refractivity contribution in [2.24, 2.45) is 0 Å². The van der Waals surface area contributed by atoms with E-state index >= 15 is 0 Å². The van der Waals surface area contributed by atoms with E-state index in [0.29, 0.717) is 5.75 Å². The van der Waals surface area contributed by atoms with E-state index in [1.807, 2.05) is 12.1 Å². The molecule has 0 amide bonds. The molecule has 84 valence electrons. The molecule has 3 heteroatoms. The molecule has 0 aliphatic carbocycles. The van der Waals surface area contributed by atoms with Crippen LogP contribution in [0.15, 0.2) is 22.7 Å². The number of hydrogen-bond donors (Lipinski definition) is 1. The van der Waals surface area contributed by atoms with Gasteiger partial charge in [0.2, 0.25) is 0 Å². The first kappa shape index (κ1) is 12.8. The summed E-state index contributed by atoms with van der Waals surface area (Å²) in [6.45, 7) is 11.3. The summed E-state index contributed by atoms with van der Waals surface area (Å²) in [5.74, 6) is 0.427.